The van der Waals surface area contributed by atoms with Crippen LogP contribution in [0, 0.1) is 5.92 Å². The summed E-state index contributed by atoms with van der Waals surface area (Å²) in [5.74, 6) is 1.22. The van der Waals surface area contributed by atoms with Gasteiger partial charge >= 0.3 is 0 Å². The molecule has 55 heavy (non-hydrogen) atoms. The van der Waals surface area contributed by atoms with E-state index in [1.54, 1.807) is 0 Å². The zero-order valence-electron chi connectivity index (χ0n) is 30.2. The van der Waals surface area contributed by atoms with E-state index in [1.165, 1.54) is 56.5 Å². The molecule has 11 rings (SSSR count). The van der Waals surface area contributed by atoms with E-state index in [0.29, 0.717) is 11.7 Å². The molecule has 3 aliphatic rings. The van der Waals surface area contributed by atoms with Crippen molar-refractivity contribution in [1.29, 1.82) is 0 Å². The summed E-state index contributed by atoms with van der Waals surface area (Å²) in [6.07, 6.45) is 6.19. The van der Waals surface area contributed by atoms with E-state index in [9.17, 15) is 0 Å². The van der Waals surface area contributed by atoms with Crippen molar-refractivity contribution in [2.24, 2.45) is 5.92 Å². The highest BCUT2D eigenvalue weighted by Crippen LogP contribution is 2.69. The molecule has 2 heteroatoms. The summed E-state index contributed by atoms with van der Waals surface area (Å²) in [7, 11) is 0. The number of allylic oxidation sites excluding steroid dienone is 4. The number of nitrogens with zero attached hydrogens (tertiary/aromatic N) is 2. The minimum atomic E-state index is 0.103. The van der Waals surface area contributed by atoms with Crippen molar-refractivity contribution in [3.8, 4) is 67.3 Å². The second kappa shape index (κ2) is 12.6. The van der Waals surface area contributed by atoms with Crippen LogP contribution in [0.5, 0.6) is 0 Å². The number of hydrogen-bond donors (Lipinski definition) is 0. The fourth-order valence-electron chi connectivity index (χ4n) is 9.04. The Balaban J connectivity index is 0.938. The predicted molar refractivity (Wildman–Crippen MR) is 227 cm³/mol. The molecule has 1 heterocycles. The molecule has 0 radical (unpaired) electrons. The minimum Gasteiger partial charge on any atom is -0.228 e. The molecule has 1 saturated carbocycles. The molecular weight excluding hydrogens is 665 g/mol. The van der Waals surface area contributed by atoms with Crippen molar-refractivity contribution >= 4 is 11.1 Å². The van der Waals surface area contributed by atoms with E-state index < -0.39 is 0 Å². The van der Waals surface area contributed by atoms with Crippen LogP contribution in [0.4, 0.5) is 0 Å². The second-order valence-electron chi connectivity index (χ2n) is 15.0. The lowest BCUT2D eigenvalue weighted by molar-refractivity contribution is 0.836. The normalized spacial score (nSPS) is 17.5. The van der Waals surface area contributed by atoms with Gasteiger partial charge < -0.3 is 0 Å². The molecule has 1 aromatic heterocycles. The van der Waals surface area contributed by atoms with Crippen LogP contribution in [-0.4, -0.2) is 9.97 Å². The largest absolute Gasteiger partial charge is 0.228 e. The highest BCUT2D eigenvalue weighted by Gasteiger charge is 2.60. The van der Waals surface area contributed by atoms with Gasteiger partial charge in [-0.2, -0.15) is 0 Å². The van der Waals surface area contributed by atoms with Gasteiger partial charge in [0.25, 0.3) is 0 Å². The van der Waals surface area contributed by atoms with Gasteiger partial charge in [-0.05, 0) is 104 Å². The molecule has 7 aromatic carbocycles. The van der Waals surface area contributed by atoms with Crippen molar-refractivity contribution < 1.29 is 0 Å². The highest BCUT2D eigenvalue weighted by molar-refractivity contribution is 6.02. The summed E-state index contributed by atoms with van der Waals surface area (Å²) in [6, 6.07) is 67.4. The second-order valence-corrected chi connectivity index (χ2v) is 15.0. The number of aromatic nitrogens is 2. The van der Waals surface area contributed by atoms with E-state index in [4.69, 9.17) is 9.97 Å². The third kappa shape index (κ3) is 5.33. The smallest absolute Gasteiger partial charge is 0.160 e. The molecular formula is C53H36N2. The molecule has 0 aliphatic heterocycles. The molecule has 2 nitrogen and oxygen atoms in total. The van der Waals surface area contributed by atoms with Crippen LogP contribution in [-0.2, 0) is 5.41 Å². The first-order chi connectivity index (χ1) is 27.2. The molecule has 2 unspecified atom stereocenters. The van der Waals surface area contributed by atoms with E-state index >= 15 is 0 Å². The third-order valence-electron chi connectivity index (χ3n) is 11.8. The zero-order chi connectivity index (χ0) is 36.3. The Morgan fingerprint density at radius 3 is 1.51 bits per heavy atom. The van der Waals surface area contributed by atoms with E-state index in [0.717, 1.165) is 39.2 Å². The topological polar surface area (TPSA) is 25.8 Å². The number of fused-ring (bicyclic) bond motifs is 4. The Hall–Kier alpha value is -6.90. The first kappa shape index (κ1) is 31.6. The Bertz CT molecular complexity index is 2790. The van der Waals surface area contributed by atoms with Crippen molar-refractivity contribution in [2.45, 2.75) is 11.8 Å². The van der Waals surface area contributed by atoms with Gasteiger partial charge in [-0.25, -0.2) is 9.97 Å². The average molecular weight is 701 g/mol. The van der Waals surface area contributed by atoms with Gasteiger partial charge in [-0.3, -0.25) is 0 Å². The minimum absolute atomic E-state index is 0.103. The standard InChI is InChI=1S/C53H36N2/c1-3-14-35(15-4-1)50-33-51(36-16-5-2-6-17-36)55-52(54-50)42-23-13-21-40(30-42)38-19-11-18-37(28-38)39-20-12-22-41(29-39)43-31-44-34-53(44)48-27-10-9-25-46(48)45-24-7-8-26-47(45)49(53)32-43/h1-33,44H,34H2. The number of hydrogen-bond acceptors (Lipinski definition) is 2. The Kier molecular flexibility index (Phi) is 7.25. The monoisotopic (exact) mass is 700 g/mol. The number of benzene rings is 7. The summed E-state index contributed by atoms with van der Waals surface area (Å²) >= 11 is 0. The van der Waals surface area contributed by atoms with Gasteiger partial charge in [0.2, 0.25) is 0 Å². The van der Waals surface area contributed by atoms with Crippen LogP contribution in [0.3, 0.4) is 0 Å². The fourth-order valence-corrected chi connectivity index (χ4v) is 9.04. The summed E-state index contributed by atoms with van der Waals surface area (Å²) in [6.45, 7) is 0. The maximum atomic E-state index is 5.09. The Labute approximate surface area is 321 Å². The molecule has 0 N–H and O–H groups in total. The van der Waals surface area contributed by atoms with Gasteiger partial charge in [0.15, 0.2) is 5.82 Å². The van der Waals surface area contributed by atoms with Gasteiger partial charge in [-0.15, -0.1) is 0 Å². The van der Waals surface area contributed by atoms with Gasteiger partial charge in [-0.1, -0.05) is 170 Å². The van der Waals surface area contributed by atoms with Crippen LogP contribution >= 0.6 is 0 Å². The molecule has 1 spiro atoms. The van der Waals surface area contributed by atoms with Crippen molar-refractivity contribution in [3.05, 3.63) is 217 Å². The van der Waals surface area contributed by atoms with E-state index in [-0.39, 0.29) is 5.41 Å². The van der Waals surface area contributed by atoms with Crippen LogP contribution in [0.25, 0.3) is 78.4 Å². The molecule has 8 aromatic rings. The predicted octanol–water partition coefficient (Wildman–Crippen LogP) is 13.2. The van der Waals surface area contributed by atoms with Gasteiger partial charge in [0.05, 0.1) is 11.4 Å². The molecule has 3 aliphatic carbocycles. The summed E-state index contributed by atoms with van der Waals surface area (Å²) < 4.78 is 0. The lowest BCUT2D eigenvalue weighted by atomic mass is 9.69. The molecule has 1 fully saturated rings. The van der Waals surface area contributed by atoms with Crippen LogP contribution in [0.1, 0.15) is 23.1 Å². The quantitative estimate of drug-likeness (QED) is 0.173. The van der Waals surface area contributed by atoms with Crippen molar-refractivity contribution in [3.63, 3.8) is 0 Å². The highest BCUT2D eigenvalue weighted by atomic mass is 14.9. The summed E-state index contributed by atoms with van der Waals surface area (Å²) in [5, 5.41) is 0. The lowest BCUT2D eigenvalue weighted by Crippen LogP contribution is -2.20. The molecule has 258 valence electrons. The number of rotatable bonds is 6. The fraction of sp³-hybridized carbons (Fsp3) is 0.0566. The zero-order valence-corrected chi connectivity index (χ0v) is 30.2. The van der Waals surface area contributed by atoms with E-state index in [2.05, 4.69) is 188 Å². The van der Waals surface area contributed by atoms with Crippen molar-refractivity contribution in [1.82, 2.24) is 9.97 Å². The van der Waals surface area contributed by atoms with Crippen LogP contribution in [0.15, 0.2) is 200 Å². The van der Waals surface area contributed by atoms with Gasteiger partial charge in [0, 0.05) is 22.1 Å². The molecule has 2 atom stereocenters. The first-order valence-corrected chi connectivity index (χ1v) is 19.2. The first-order valence-electron chi connectivity index (χ1n) is 19.2. The van der Waals surface area contributed by atoms with Gasteiger partial charge in [0.1, 0.15) is 0 Å². The summed E-state index contributed by atoms with van der Waals surface area (Å²) in [4.78, 5) is 10.2. The molecule has 0 bridgehead atoms. The summed E-state index contributed by atoms with van der Waals surface area (Å²) in [5.41, 5.74) is 19.4. The maximum absolute atomic E-state index is 5.09. The Morgan fingerprint density at radius 1 is 0.400 bits per heavy atom. The van der Waals surface area contributed by atoms with Crippen LogP contribution < -0.4 is 0 Å². The molecule has 0 amide bonds. The van der Waals surface area contributed by atoms with E-state index in [1.807, 2.05) is 12.1 Å². The van der Waals surface area contributed by atoms with Crippen LogP contribution in [0.2, 0.25) is 0 Å². The maximum Gasteiger partial charge on any atom is 0.160 e. The third-order valence-corrected chi connectivity index (χ3v) is 11.8. The average Bonchev–Trinajstić information content (AvgIpc) is 4.02. The SMILES string of the molecule is C1=C(c2cccc(-c3cccc(-c4cccc(-c5nc(-c6ccccc6)cc(-c6ccccc6)n5)c4)c3)c2)C=C2c3ccccc3-c3ccccc3C23CC13. The van der Waals surface area contributed by atoms with Crippen molar-refractivity contribution in [2.75, 3.05) is 0 Å². The molecule has 0 saturated heterocycles. The Morgan fingerprint density at radius 2 is 0.873 bits per heavy atom. The lowest BCUT2D eigenvalue weighted by Gasteiger charge is -2.34.